The quantitative estimate of drug-likeness (QED) is 0.591. The number of benzene rings is 1. The van der Waals surface area contributed by atoms with E-state index < -0.39 is 0 Å². The van der Waals surface area contributed by atoms with Gasteiger partial charge in [-0.2, -0.15) is 0 Å². The number of methoxy groups -OCH3 is 1. The van der Waals surface area contributed by atoms with E-state index >= 15 is 0 Å². The molecule has 1 aromatic rings. The van der Waals surface area contributed by atoms with E-state index in [2.05, 4.69) is 43.2 Å². The van der Waals surface area contributed by atoms with Crippen LogP contribution in [-0.4, -0.2) is 44.7 Å². The summed E-state index contributed by atoms with van der Waals surface area (Å²) in [6.07, 6.45) is 2.36. The van der Waals surface area contributed by atoms with E-state index in [1.54, 1.807) is 7.11 Å². The van der Waals surface area contributed by atoms with Crippen LogP contribution in [0.3, 0.4) is 0 Å². The highest BCUT2D eigenvalue weighted by molar-refractivity contribution is 5.79. The summed E-state index contributed by atoms with van der Waals surface area (Å²) in [5, 5.41) is 3.34. The lowest BCUT2D eigenvalue weighted by Gasteiger charge is -2.23. The highest BCUT2D eigenvalue weighted by atomic mass is 16.5. The van der Waals surface area contributed by atoms with Crippen LogP contribution in [0.2, 0.25) is 0 Å². The molecule has 0 bridgehead atoms. The SMILES string of the molecule is CCCCN(C)C(=NCC(OC)c1ccccc1)NCC. The van der Waals surface area contributed by atoms with E-state index in [-0.39, 0.29) is 6.10 Å². The van der Waals surface area contributed by atoms with Crippen molar-refractivity contribution in [3.05, 3.63) is 35.9 Å². The fourth-order valence-corrected chi connectivity index (χ4v) is 2.12. The van der Waals surface area contributed by atoms with E-state index in [1.807, 2.05) is 18.2 Å². The van der Waals surface area contributed by atoms with Gasteiger partial charge in [0.1, 0.15) is 6.10 Å². The molecule has 1 atom stereocenters. The number of hydrogen-bond acceptors (Lipinski definition) is 2. The van der Waals surface area contributed by atoms with Gasteiger partial charge in [0.2, 0.25) is 0 Å². The molecule has 0 heterocycles. The van der Waals surface area contributed by atoms with Crippen molar-refractivity contribution in [3.8, 4) is 0 Å². The molecule has 0 aliphatic rings. The monoisotopic (exact) mass is 291 g/mol. The van der Waals surface area contributed by atoms with Gasteiger partial charge in [-0.1, -0.05) is 43.7 Å². The molecule has 1 rings (SSSR count). The Morgan fingerprint density at radius 1 is 1.29 bits per heavy atom. The number of nitrogens with one attached hydrogen (secondary N) is 1. The summed E-state index contributed by atoms with van der Waals surface area (Å²) >= 11 is 0. The molecule has 0 radical (unpaired) electrons. The Labute approximate surface area is 129 Å². The second kappa shape index (κ2) is 10.2. The zero-order valence-corrected chi connectivity index (χ0v) is 13.8. The number of guanidine groups is 1. The van der Waals surface area contributed by atoms with Gasteiger partial charge in [-0.15, -0.1) is 0 Å². The number of rotatable bonds is 8. The Morgan fingerprint density at radius 2 is 2.00 bits per heavy atom. The van der Waals surface area contributed by atoms with Crippen molar-refractivity contribution in [1.82, 2.24) is 10.2 Å². The molecule has 1 aromatic carbocycles. The first kappa shape index (κ1) is 17.5. The van der Waals surface area contributed by atoms with Gasteiger partial charge >= 0.3 is 0 Å². The molecular weight excluding hydrogens is 262 g/mol. The predicted molar refractivity (Wildman–Crippen MR) is 89.7 cm³/mol. The normalized spacial score (nSPS) is 13.0. The van der Waals surface area contributed by atoms with Crippen LogP contribution in [0.15, 0.2) is 35.3 Å². The zero-order chi connectivity index (χ0) is 15.5. The molecule has 1 N–H and O–H groups in total. The van der Waals surface area contributed by atoms with E-state index in [0.717, 1.165) is 24.6 Å². The van der Waals surface area contributed by atoms with Crippen molar-refractivity contribution < 1.29 is 4.74 Å². The molecule has 0 spiro atoms. The average Bonchev–Trinajstić information content (AvgIpc) is 2.53. The third-order valence-electron chi connectivity index (χ3n) is 3.41. The first-order chi connectivity index (χ1) is 10.2. The fraction of sp³-hybridized carbons (Fsp3) is 0.588. The van der Waals surface area contributed by atoms with Gasteiger partial charge in [-0.25, -0.2) is 0 Å². The van der Waals surface area contributed by atoms with Crippen molar-refractivity contribution >= 4 is 5.96 Å². The topological polar surface area (TPSA) is 36.9 Å². The molecule has 0 aliphatic carbocycles. The maximum Gasteiger partial charge on any atom is 0.193 e. The molecule has 21 heavy (non-hydrogen) atoms. The largest absolute Gasteiger partial charge is 0.375 e. The zero-order valence-electron chi connectivity index (χ0n) is 13.8. The summed E-state index contributed by atoms with van der Waals surface area (Å²) in [7, 11) is 3.82. The summed E-state index contributed by atoms with van der Waals surface area (Å²) in [5.74, 6) is 0.948. The van der Waals surface area contributed by atoms with Crippen molar-refractivity contribution in [2.24, 2.45) is 4.99 Å². The first-order valence-electron chi connectivity index (χ1n) is 7.80. The summed E-state index contributed by atoms with van der Waals surface area (Å²) in [6.45, 7) is 6.81. The smallest absolute Gasteiger partial charge is 0.193 e. The summed E-state index contributed by atoms with van der Waals surface area (Å²) in [4.78, 5) is 6.91. The van der Waals surface area contributed by atoms with Crippen molar-refractivity contribution in [2.45, 2.75) is 32.8 Å². The summed E-state index contributed by atoms with van der Waals surface area (Å²) in [5.41, 5.74) is 1.16. The second-order valence-corrected chi connectivity index (χ2v) is 5.10. The minimum absolute atomic E-state index is 0.000527. The minimum atomic E-state index is -0.000527. The molecular formula is C17H29N3O. The predicted octanol–water partition coefficient (Wildman–Crippen LogP) is 3.07. The van der Waals surface area contributed by atoms with Crippen molar-refractivity contribution in [2.75, 3.05) is 33.8 Å². The number of unbranched alkanes of at least 4 members (excludes halogenated alkanes) is 1. The molecule has 0 amide bonds. The van der Waals surface area contributed by atoms with Crippen molar-refractivity contribution in [3.63, 3.8) is 0 Å². The first-order valence-corrected chi connectivity index (χ1v) is 7.80. The highest BCUT2D eigenvalue weighted by Crippen LogP contribution is 2.16. The summed E-state index contributed by atoms with van der Waals surface area (Å²) in [6, 6.07) is 10.2. The highest BCUT2D eigenvalue weighted by Gasteiger charge is 2.11. The lowest BCUT2D eigenvalue weighted by atomic mass is 10.1. The Hall–Kier alpha value is -1.55. The molecule has 4 nitrogen and oxygen atoms in total. The van der Waals surface area contributed by atoms with Crippen LogP contribution in [0.1, 0.15) is 38.4 Å². The lowest BCUT2D eigenvalue weighted by Crippen LogP contribution is -2.39. The van der Waals surface area contributed by atoms with Gasteiger partial charge in [-0.3, -0.25) is 4.99 Å². The number of nitrogens with zero attached hydrogens (tertiary/aromatic N) is 2. The van der Waals surface area contributed by atoms with Crippen LogP contribution in [0.4, 0.5) is 0 Å². The van der Waals surface area contributed by atoms with Gasteiger partial charge in [0.25, 0.3) is 0 Å². The second-order valence-electron chi connectivity index (χ2n) is 5.10. The third-order valence-corrected chi connectivity index (χ3v) is 3.41. The Morgan fingerprint density at radius 3 is 2.57 bits per heavy atom. The van der Waals surface area contributed by atoms with Crippen LogP contribution in [0.25, 0.3) is 0 Å². The van der Waals surface area contributed by atoms with Crippen LogP contribution >= 0.6 is 0 Å². The molecule has 0 aromatic heterocycles. The van der Waals surface area contributed by atoms with E-state index in [9.17, 15) is 0 Å². The molecule has 1 unspecified atom stereocenters. The van der Waals surface area contributed by atoms with Gasteiger partial charge in [0.15, 0.2) is 5.96 Å². The maximum absolute atomic E-state index is 5.57. The van der Waals surface area contributed by atoms with Crippen LogP contribution in [0.5, 0.6) is 0 Å². The third kappa shape index (κ3) is 6.17. The fourth-order valence-electron chi connectivity index (χ4n) is 2.12. The molecule has 0 aliphatic heterocycles. The molecule has 0 fully saturated rings. The maximum atomic E-state index is 5.57. The van der Waals surface area contributed by atoms with Crippen LogP contribution in [0, 0.1) is 0 Å². The average molecular weight is 291 g/mol. The number of ether oxygens (including phenoxy) is 1. The van der Waals surface area contributed by atoms with Crippen molar-refractivity contribution in [1.29, 1.82) is 0 Å². The summed E-state index contributed by atoms with van der Waals surface area (Å²) < 4.78 is 5.57. The van der Waals surface area contributed by atoms with Crippen LogP contribution < -0.4 is 5.32 Å². The van der Waals surface area contributed by atoms with E-state index in [1.165, 1.54) is 12.8 Å². The van der Waals surface area contributed by atoms with Gasteiger partial charge in [0, 0.05) is 27.2 Å². The Balaban J connectivity index is 2.70. The Bertz CT molecular complexity index is 406. The molecule has 0 saturated carbocycles. The van der Waals surface area contributed by atoms with Gasteiger partial charge < -0.3 is 15.0 Å². The van der Waals surface area contributed by atoms with E-state index in [4.69, 9.17) is 9.73 Å². The van der Waals surface area contributed by atoms with Crippen LogP contribution in [-0.2, 0) is 4.74 Å². The molecule has 0 saturated heterocycles. The number of hydrogen-bond donors (Lipinski definition) is 1. The Kier molecular flexibility index (Phi) is 8.51. The van der Waals surface area contributed by atoms with E-state index in [0.29, 0.717) is 6.54 Å². The van der Waals surface area contributed by atoms with Gasteiger partial charge in [-0.05, 0) is 18.9 Å². The van der Waals surface area contributed by atoms with Gasteiger partial charge in [0.05, 0.1) is 6.54 Å². The lowest BCUT2D eigenvalue weighted by molar-refractivity contribution is 0.110. The molecule has 118 valence electrons. The number of aliphatic imine (C=N–C) groups is 1. The molecule has 4 heteroatoms. The standard InChI is InChI=1S/C17H29N3O/c1-5-7-13-20(3)17(18-6-2)19-14-16(21-4)15-11-9-8-10-12-15/h8-12,16H,5-7,13-14H2,1-4H3,(H,18,19). The minimum Gasteiger partial charge on any atom is -0.375 e.